The van der Waals surface area contributed by atoms with E-state index >= 15 is 17.6 Å². The van der Waals surface area contributed by atoms with Crippen molar-refractivity contribution in [2.45, 2.75) is 57.1 Å². The number of rotatable bonds is 2. The van der Waals surface area contributed by atoms with E-state index in [0.29, 0.717) is 39.0 Å². The average molecular weight is 616 g/mol. The number of nitrogens with zero attached hydrogens (tertiary/aromatic N) is 2. The second kappa shape index (κ2) is 9.06. The van der Waals surface area contributed by atoms with E-state index in [-0.39, 0.29) is 17.2 Å². The van der Waals surface area contributed by atoms with Crippen LogP contribution >= 0.6 is 15.9 Å². The molecule has 0 saturated carbocycles. The summed E-state index contributed by atoms with van der Waals surface area (Å²) >= 11 is 3.11. The van der Waals surface area contributed by atoms with Crippen molar-refractivity contribution in [3.8, 4) is 22.3 Å². The summed E-state index contributed by atoms with van der Waals surface area (Å²) in [7, 11) is 0. The molecule has 0 radical (unpaired) electrons. The van der Waals surface area contributed by atoms with Crippen molar-refractivity contribution in [2.24, 2.45) is 0 Å². The maximum Gasteiger partial charge on any atom is 0.410 e. The third-order valence-corrected chi connectivity index (χ3v) is 7.89. The fraction of sp³-hybridized carbons (Fsp3) is 0.333. The number of H-pyrrole nitrogens is 1. The Hall–Kier alpha value is -3.40. The first kappa shape index (κ1) is 26.8. The fourth-order valence-corrected chi connectivity index (χ4v) is 5.89. The molecule has 1 aliphatic heterocycles. The van der Waals surface area contributed by atoms with Gasteiger partial charge in [-0.15, -0.1) is 0 Å². The number of benzene rings is 3. The first-order valence-electron chi connectivity index (χ1n) is 13.0. The van der Waals surface area contributed by atoms with Crippen LogP contribution in [0.3, 0.4) is 0 Å². The zero-order chi connectivity index (χ0) is 28.6. The monoisotopic (exact) mass is 615 g/mol. The molecule has 3 aromatic carbocycles. The Morgan fingerprint density at radius 1 is 0.975 bits per heavy atom. The molecular formula is C30H26BrF4N3O2. The lowest BCUT2D eigenvalue weighted by atomic mass is 9.79. The average Bonchev–Trinajstić information content (AvgIpc) is 3.53. The number of aromatic nitrogens is 2. The Morgan fingerprint density at radius 2 is 1.60 bits per heavy atom. The van der Waals surface area contributed by atoms with Gasteiger partial charge < -0.3 is 9.72 Å². The van der Waals surface area contributed by atoms with Crippen LogP contribution < -0.4 is 0 Å². The Kier molecular flexibility index (Phi) is 6.07. The van der Waals surface area contributed by atoms with Gasteiger partial charge in [-0.1, -0.05) is 40.2 Å². The molecule has 1 atom stereocenters. The highest BCUT2D eigenvalue weighted by Gasteiger charge is 2.62. The number of hydrogen-bond acceptors (Lipinski definition) is 3. The van der Waals surface area contributed by atoms with E-state index in [1.807, 2.05) is 20.8 Å². The summed E-state index contributed by atoms with van der Waals surface area (Å²) in [6.07, 6.45) is 1.12. The molecule has 6 rings (SSSR count). The molecule has 2 aliphatic rings. The highest BCUT2D eigenvalue weighted by Crippen LogP contribution is 2.58. The van der Waals surface area contributed by atoms with E-state index in [9.17, 15) is 4.79 Å². The van der Waals surface area contributed by atoms with Crippen LogP contribution in [-0.2, 0) is 16.6 Å². The Morgan fingerprint density at radius 3 is 2.30 bits per heavy atom. The first-order valence-corrected chi connectivity index (χ1v) is 13.8. The number of likely N-dealkylation sites (tertiary alicyclic amines) is 1. The molecule has 1 aromatic heterocycles. The van der Waals surface area contributed by atoms with Crippen LogP contribution in [0.4, 0.5) is 22.4 Å². The molecule has 5 nitrogen and oxygen atoms in total. The van der Waals surface area contributed by atoms with Crippen molar-refractivity contribution in [3.05, 3.63) is 76.0 Å². The van der Waals surface area contributed by atoms with Gasteiger partial charge in [0, 0.05) is 22.1 Å². The highest BCUT2D eigenvalue weighted by molar-refractivity contribution is 9.10. The summed E-state index contributed by atoms with van der Waals surface area (Å²) in [5.74, 6) is -8.17. The molecule has 0 bridgehead atoms. The second-order valence-corrected chi connectivity index (χ2v) is 12.2. The quantitative estimate of drug-likeness (QED) is 0.229. The lowest BCUT2D eigenvalue weighted by Gasteiger charge is -2.35. The van der Waals surface area contributed by atoms with E-state index in [1.54, 1.807) is 35.2 Å². The number of halogens is 5. The van der Waals surface area contributed by atoms with Crippen LogP contribution in [0, 0.1) is 0 Å². The van der Waals surface area contributed by atoms with Gasteiger partial charge in [0.15, 0.2) is 0 Å². The van der Waals surface area contributed by atoms with Crippen molar-refractivity contribution in [1.29, 1.82) is 0 Å². The van der Waals surface area contributed by atoms with Gasteiger partial charge in [0.2, 0.25) is 0 Å². The van der Waals surface area contributed by atoms with Gasteiger partial charge in [0.05, 0.1) is 17.1 Å². The maximum atomic E-state index is 15.3. The van der Waals surface area contributed by atoms with Crippen LogP contribution in [0.1, 0.15) is 56.6 Å². The summed E-state index contributed by atoms with van der Waals surface area (Å²) in [4.78, 5) is 22.4. The standard InChI is InChI=1S/C30H26BrF4N3O2/c1-28(2,3)40-27(39)38-12-4-5-25(38)26-36-23-11-7-17(14-24(23)37-26)16-6-9-19-20-10-8-18(31)15-22(20)30(34,35)29(32,33)21(19)13-16/h6-11,13-15,25H,4-5,12H2,1-3H3,(H,36,37)/t25-/m0/s1. The van der Waals surface area contributed by atoms with Crippen molar-refractivity contribution < 1.29 is 27.1 Å². The minimum atomic E-state index is -4.40. The summed E-state index contributed by atoms with van der Waals surface area (Å²) in [5.41, 5.74) is 0.362. The van der Waals surface area contributed by atoms with E-state index in [1.165, 1.54) is 12.1 Å². The number of imidazole rings is 1. The van der Waals surface area contributed by atoms with Gasteiger partial charge >= 0.3 is 17.9 Å². The van der Waals surface area contributed by atoms with Gasteiger partial charge in [-0.2, -0.15) is 17.6 Å². The molecule has 1 amide bonds. The van der Waals surface area contributed by atoms with Crippen molar-refractivity contribution in [1.82, 2.24) is 14.9 Å². The third kappa shape index (κ3) is 4.27. The summed E-state index contributed by atoms with van der Waals surface area (Å²) in [6, 6.07) is 13.3. The topological polar surface area (TPSA) is 58.2 Å². The van der Waals surface area contributed by atoms with Crippen LogP contribution in [0.15, 0.2) is 59.1 Å². The molecule has 1 fully saturated rings. The molecule has 0 unspecified atom stereocenters. The van der Waals surface area contributed by atoms with Gasteiger partial charge in [0.25, 0.3) is 0 Å². The Labute approximate surface area is 236 Å². The fourth-order valence-electron chi connectivity index (χ4n) is 5.52. The maximum absolute atomic E-state index is 15.3. The first-order chi connectivity index (χ1) is 18.8. The minimum absolute atomic E-state index is 0.0792. The van der Waals surface area contributed by atoms with Gasteiger partial charge in [-0.25, -0.2) is 9.78 Å². The predicted molar refractivity (Wildman–Crippen MR) is 147 cm³/mol. The number of carbonyl (C=O) groups excluding carboxylic acids is 1. The zero-order valence-electron chi connectivity index (χ0n) is 22.0. The predicted octanol–water partition coefficient (Wildman–Crippen LogP) is 8.93. The van der Waals surface area contributed by atoms with Crippen LogP contribution in [0.25, 0.3) is 33.3 Å². The summed E-state index contributed by atoms with van der Waals surface area (Å²) in [5, 5.41) is 0. The van der Waals surface area contributed by atoms with E-state index in [2.05, 4.69) is 25.9 Å². The van der Waals surface area contributed by atoms with Crippen LogP contribution in [0.5, 0.6) is 0 Å². The van der Waals surface area contributed by atoms with Gasteiger partial charge in [-0.05, 0) is 86.2 Å². The number of ether oxygens (including phenoxy) is 1. The Balaban J connectivity index is 1.37. The van der Waals surface area contributed by atoms with E-state index < -0.39 is 34.7 Å². The number of carbonyl (C=O) groups is 1. The largest absolute Gasteiger partial charge is 0.444 e. The van der Waals surface area contributed by atoms with E-state index in [0.717, 1.165) is 25.0 Å². The number of alkyl halides is 4. The molecule has 10 heteroatoms. The number of fused-ring (bicyclic) bond motifs is 4. The molecule has 0 spiro atoms. The highest BCUT2D eigenvalue weighted by atomic mass is 79.9. The lowest BCUT2D eigenvalue weighted by Crippen LogP contribution is -2.39. The van der Waals surface area contributed by atoms with Gasteiger partial charge in [0.1, 0.15) is 11.4 Å². The number of amides is 1. The molecule has 1 N–H and O–H groups in total. The molecule has 40 heavy (non-hydrogen) atoms. The SMILES string of the molecule is CC(C)(C)OC(=O)N1CCC[C@H]1c1nc2ccc(-c3ccc4c(c3)C(F)(F)C(F)(F)c3cc(Br)ccc3-4)cc2[nH]1. The molecule has 208 valence electrons. The normalized spacial score (nSPS) is 19.4. The molecular weight excluding hydrogens is 590 g/mol. The number of nitrogens with one attached hydrogen (secondary N) is 1. The molecule has 2 heterocycles. The third-order valence-electron chi connectivity index (χ3n) is 7.39. The van der Waals surface area contributed by atoms with Crippen molar-refractivity contribution >= 4 is 33.1 Å². The minimum Gasteiger partial charge on any atom is -0.444 e. The van der Waals surface area contributed by atoms with Crippen molar-refractivity contribution in [2.75, 3.05) is 6.54 Å². The molecule has 1 saturated heterocycles. The van der Waals surface area contributed by atoms with Crippen LogP contribution in [0.2, 0.25) is 0 Å². The summed E-state index contributed by atoms with van der Waals surface area (Å²) in [6.45, 7) is 5.99. The zero-order valence-corrected chi connectivity index (χ0v) is 23.6. The number of hydrogen-bond donors (Lipinski definition) is 1. The molecule has 4 aromatic rings. The smallest absolute Gasteiger partial charge is 0.410 e. The van der Waals surface area contributed by atoms with E-state index in [4.69, 9.17) is 4.74 Å². The second-order valence-electron chi connectivity index (χ2n) is 11.3. The Bertz CT molecular complexity index is 1660. The number of aromatic amines is 1. The summed E-state index contributed by atoms with van der Waals surface area (Å²) < 4.78 is 66.6. The lowest BCUT2D eigenvalue weighted by molar-refractivity contribution is -0.225. The molecule has 1 aliphatic carbocycles. The van der Waals surface area contributed by atoms with Crippen molar-refractivity contribution in [3.63, 3.8) is 0 Å². The van der Waals surface area contributed by atoms with Gasteiger partial charge in [-0.3, -0.25) is 4.90 Å². The van der Waals surface area contributed by atoms with Crippen LogP contribution in [-0.4, -0.2) is 33.1 Å².